The number of nitrogens with one attached hydrogen (secondary N) is 1. The van der Waals surface area contributed by atoms with Crippen molar-refractivity contribution in [3.63, 3.8) is 0 Å². The van der Waals surface area contributed by atoms with Gasteiger partial charge in [0.2, 0.25) is 0 Å². The molecule has 0 saturated carbocycles. The standard InChI is InChI=1S/C17H16N2O2S/c1-12-6-8-13(9-7-12)21-11-16(20)18-10-17-19-14-4-2-3-5-15(14)22-17/h2-9H,10-11H2,1H3,(H,18,20). The molecule has 0 aliphatic heterocycles. The number of aryl methyl sites for hydroxylation is 1. The minimum absolute atomic E-state index is 0.00789. The van der Waals surface area contributed by atoms with Gasteiger partial charge in [0.05, 0.1) is 16.8 Å². The van der Waals surface area contributed by atoms with Gasteiger partial charge in [0.1, 0.15) is 10.8 Å². The molecule has 3 aromatic rings. The Morgan fingerprint density at radius 2 is 1.95 bits per heavy atom. The lowest BCUT2D eigenvalue weighted by Crippen LogP contribution is -2.28. The highest BCUT2D eigenvalue weighted by molar-refractivity contribution is 7.18. The fourth-order valence-electron chi connectivity index (χ4n) is 2.00. The predicted molar refractivity (Wildman–Crippen MR) is 88.1 cm³/mol. The Morgan fingerprint density at radius 3 is 2.73 bits per heavy atom. The maximum absolute atomic E-state index is 11.8. The Bertz CT molecular complexity index is 748. The summed E-state index contributed by atoms with van der Waals surface area (Å²) in [6, 6.07) is 15.6. The third kappa shape index (κ3) is 3.62. The van der Waals surface area contributed by atoms with E-state index in [1.807, 2.05) is 55.5 Å². The Morgan fingerprint density at radius 1 is 1.18 bits per heavy atom. The molecular formula is C17H16N2O2S. The van der Waals surface area contributed by atoms with Gasteiger partial charge in [-0.2, -0.15) is 0 Å². The highest BCUT2D eigenvalue weighted by atomic mass is 32.1. The smallest absolute Gasteiger partial charge is 0.258 e. The fourth-order valence-corrected chi connectivity index (χ4v) is 2.91. The molecule has 2 aromatic carbocycles. The van der Waals surface area contributed by atoms with Gasteiger partial charge in [-0.15, -0.1) is 11.3 Å². The molecule has 0 unspecified atom stereocenters. The SMILES string of the molecule is Cc1ccc(OCC(=O)NCc2nc3ccccc3s2)cc1. The summed E-state index contributed by atoms with van der Waals surface area (Å²) in [5, 5.41) is 3.72. The van der Waals surface area contributed by atoms with Crippen LogP contribution in [0.2, 0.25) is 0 Å². The minimum Gasteiger partial charge on any atom is -0.484 e. The van der Waals surface area contributed by atoms with Gasteiger partial charge in [-0.3, -0.25) is 4.79 Å². The number of amides is 1. The van der Waals surface area contributed by atoms with Crippen molar-refractivity contribution in [2.75, 3.05) is 6.61 Å². The fraction of sp³-hybridized carbons (Fsp3) is 0.176. The number of rotatable bonds is 5. The van der Waals surface area contributed by atoms with E-state index in [-0.39, 0.29) is 12.5 Å². The number of carbonyl (C=O) groups excluding carboxylic acids is 1. The van der Waals surface area contributed by atoms with Crippen molar-refractivity contribution in [3.05, 3.63) is 59.1 Å². The van der Waals surface area contributed by atoms with Crippen molar-refractivity contribution < 1.29 is 9.53 Å². The second kappa shape index (κ2) is 6.58. The molecule has 0 fully saturated rings. The van der Waals surface area contributed by atoms with Crippen LogP contribution in [0.5, 0.6) is 5.75 Å². The molecule has 22 heavy (non-hydrogen) atoms. The first-order valence-electron chi connectivity index (χ1n) is 7.01. The molecule has 4 nitrogen and oxygen atoms in total. The van der Waals surface area contributed by atoms with Gasteiger partial charge in [0.15, 0.2) is 6.61 Å². The summed E-state index contributed by atoms with van der Waals surface area (Å²) in [7, 11) is 0. The first kappa shape index (κ1) is 14.5. The summed E-state index contributed by atoms with van der Waals surface area (Å²) < 4.78 is 6.57. The van der Waals surface area contributed by atoms with Crippen molar-refractivity contribution in [2.45, 2.75) is 13.5 Å². The molecular weight excluding hydrogens is 296 g/mol. The van der Waals surface area contributed by atoms with Crippen LogP contribution in [0.15, 0.2) is 48.5 Å². The lowest BCUT2D eigenvalue weighted by atomic mass is 10.2. The number of benzene rings is 2. The molecule has 1 amide bonds. The number of hydrogen-bond donors (Lipinski definition) is 1. The molecule has 5 heteroatoms. The van der Waals surface area contributed by atoms with Gasteiger partial charge in [0, 0.05) is 0 Å². The summed E-state index contributed by atoms with van der Waals surface area (Å²) in [6.07, 6.45) is 0. The van der Waals surface area contributed by atoms with Crippen LogP contribution in [-0.2, 0) is 11.3 Å². The largest absolute Gasteiger partial charge is 0.484 e. The minimum atomic E-state index is -0.153. The molecule has 1 aromatic heterocycles. The van der Waals surface area contributed by atoms with Crippen LogP contribution in [0.25, 0.3) is 10.2 Å². The van der Waals surface area contributed by atoms with E-state index in [1.165, 1.54) is 0 Å². The monoisotopic (exact) mass is 312 g/mol. The van der Waals surface area contributed by atoms with Crippen molar-refractivity contribution in [2.24, 2.45) is 0 Å². The second-order valence-corrected chi connectivity index (χ2v) is 6.07. The second-order valence-electron chi connectivity index (χ2n) is 4.95. The van der Waals surface area contributed by atoms with Crippen LogP contribution >= 0.6 is 11.3 Å². The summed E-state index contributed by atoms with van der Waals surface area (Å²) >= 11 is 1.59. The van der Waals surface area contributed by atoms with E-state index >= 15 is 0 Å². The predicted octanol–water partition coefficient (Wildman–Crippen LogP) is 3.30. The van der Waals surface area contributed by atoms with Gasteiger partial charge in [-0.1, -0.05) is 29.8 Å². The average Bonchev–Trinajstić information content (AvgIpc) is 2.95. The normalized spacial score (nSPS) is 10.6. The summed E-state index contributed by atoms with van der Waals surface area (Å²) in [5.74, 6) is 0.542. The van der Waals surface area contributed by atoms with E-state index in [1.54, 1.807) is 11.3 Å². The van der Waals surface area contributed by atoms with E-state index in [4.69, 9.17) is 4.74 Å². The molecule has 0 spiro atoms. The number of ether oxygens (including phenoxy) is 1. The highest BCUT2D eigenvalue weighted by Crippen LogP contribution is 2.21. The quantitative estimate of drug-likeness (QED) is 0.786. The number of nitrogens with zero attached hydrogens (tertiary/aromatic N) is 1. The number of fused-ring (bicyclic) bond motifs is 1. The Balaban J connectivity index is 1.50. The first-order valence-corrected chi connectivity index (χ1v) is 7.83. The number of para-hydroxylation sites is 1. The van der Waals surface area contributed by atoms with Gasteiger partial charge < -0.3 is 10.1 Å². The van der Waals surface area contributed by atoms with Crippen molar-refractivity contribution >= 4 is 27.5 Å². The van der Waals surface area contributed by atoms with E-state index < -0.39 is 0 Å². The highest BCUT2D eigenvalue weighted by Gasteiger charge is 2.06. The van der Waals surface area contributed by atoms with Gasteiger partial charge in [0.25, 0.3) is 5.91 Å². The van der Waals surface area contributed by atoms with Crippen molar-refractivity contribution in [1.82, 2.24) is 10.3 Å². The van der Waals surface area contributed by atoms with Crippen molar-refractivity contribution in [3.8, 4) is 5.75 Å². The molecule has 0 aliphatic carbocycles. The Hall–Kier alpha value is -2.40. The van der Waals surface area contributed by atoms with E-state index in [0.29, 0.717) is 12.3 Å². The lowest BCUT2D eigenvalue weighted by molar-refractivity contribution is -0.123. The summed E-state index contributed by atoms with van der Waals surface area (Å²) in [4.78, 5) is 16.3. The summed E-state index contributed by atoms with van der Waals surface area (Å²) in [5.41, 5.74) is 2.13. The molecule has 1 N–H and O–H groups in total. The third-order valence-electron chi connectivity index (χ3n) is 3.17. The Kier molecular flexibility index (Phi) is 4.34. The van der Waals surface area contributed by atoms with Gasteiger partial charge in [-0.25, -0.2) is 4.98 Å². The third-order valence-corrected chi connectivity index (χ3v) is 4.20. The van der Waals surface area contributed by atoms with Crippen LogP contribution in [0.1, 0.15) is 10.6 Å². The molecule has 1 heterocycles. The van der Waals surface area contributed by atoms with Crippen LogP contribution in [0.3, 0.4) is 0 Å². The maximum atomic E-state index is 11.8. The van der Waals surface area contributed by atoms with Gasteiger partial charge in [-0.05, 0) is 31.2 Å². The molecule has 0 aliphatic rings. The zero-order valence-corrected chi connectivity index (χ0v) is 13.0. The first-order chi connectivity index (χ1) is 10.7. The number of carbonyl (C=O) groups is 1. The number of aromatic nitrogens is 1. The molecule has 112 valence electrons. The lowest BCUT2D eigenvalue weighted by Gasteiger charge is -2.06. The molecule has 0 atom stereocenters. The van der Waals surface area contributed by atoms with E-state index in [2.05, 4.69) is 10.3 Å². The number of hydrogen-bond acceptors (Lipinski definition) is 4. The topological polar surface area (TPSA) is 51.2 Å². The maximum Gasteiger partial charge on any atom is 0.258 e. The number of thiazole rings is 1. The molecule has 0 bridgehead atoms. The van der Waals surface area contributed by atoms with Crippen LogP contribution in [-0.4, -0.2) is 17.5 Å². The van der Waals surface area contributed by atoms with Crippen LogP contribution in [0.4, 0.5) is 0 Å². The molecule has 3 rings (SSSR count). The van der Waals surface area contributed by atoms with Crippen LogP contribution in [0, 0.1) is 6.92 Å². The molecule has 0 radical (unpaired) electrons. The average molecular weight is 312 g/mol. The van der Waals surface area contributed by atoms with Crippen LogP contribution < -0.4 is 10.1 Å². The zero-order chi connectivity index (χ0) is 15.4. The molecule has 0 saturated heterocycles. The van der Waals surface area contributed by atoms with E-state index in [0.717, 1.165) is 20.8 Å². The Labute approximate surface area is 132 Å². The van der Waals surface area contributed by atoms with Gasteiger partial charge >= 0.3 is 0 Å². The summed E-state index contributed by atoms with van der Waals surface area (Å²) in [6.45, 7) is 2.44. The van der Waals surface area contributed by atoms with Crippen molar-refractivity contribution in [1.29, 1.82) is 0 Å². The van der Waals surface area contributed by atoms with E-state index in [9.17, 15) is 4.79 Å². The zero-order valence-electron chi connectivity index (χ0n) is 12.2.